The number of fused-ring (bicyclic) bond motifs is 1. The molecule has 1 unspecified atom stereocenters. The summed E-state index contributed by atoms with van der Waals surface area (Å²) in [5.74, 6) is 0.289. The molecule has 0 saturated heterocycles. The summed E-state index contributed by atoms with van der Waals surface area (Å²) < 4.78 is 0.891. The Labute approximate surface area is 165 Å². The predicted octanol–water partition coefficient (Wildman–Crippen LogP) is 3.57. The fourth-order valence-corrected chi connectivity index (χ4v) is 3.02. The summed E-state index contributed by atoms with van der Waals surface area (Å²) in [6, 6.07) is 14.4. The second-order valence-electron chi connectivity index (χ2n) is 6.62. The third kappa shape index (κ3) is 4.74. The van der Waals surface area contributed by atoms with E-state index < -0.39 is 0 Å². The number of rotatable bonds is 6. The standard InChI is InChI=1S/C20H21BrN4O2/c1-12(2)18(19-23-15-5-3-4-6-16(15)24-19)25-17(26)11-22-20(27)13-7-9-14(21)10-8-13/h3-10,12,18H,11H2,1-2H3,(H,22,27)(H,23,24)(H,25,26). The van der Waals surface area contributed by atoms with E-state index in [0.29, 0.717) is 11.4 Å². The van der Waals surface area contributed by atoms with E-state index in [1.165, 1.54) is 0 Å². The molecule has 0 spiro atoms. The van der Waals surface area contributed by atoms with Gasteiger partial charge in [0.05, 0.1) is 23.6 Å². The summed E-state index contributed by atoms with van der Waals surface area (Å²) in [5.41, 5.74) is 2.29. The Hall–Kier alpha value is -2.67. The van der Waals surface area contributed by atoms with Gasteiger partial charge in [0.25, 0.3) is 5.91 Å². The molecule has 0 aliphatic rings. The fourth-order valence-electron chi connectivity index (χ4n) is 2.76. The molecule has 0 bridgehead atoms. The quantitative estimate of drug-likeness (QED) is 0.560. The van der Waals surface area contributed by atoms with Crippen molar-refractivity contribution in [3.63, 3.8) is 0 Å². The number of nitrogens with zero attached hydrogens (tertiary/aromatic N) is 1. The monoisotopic (exact) mass is 428 g/mol. The number of amides is 2. The van der Waals surface area contributed by atoms with Crippen LogP contribution in [0.1, 0.15) is 36.1 Å². The second kappa shape index (κ2) is 8.35. The summed E-state index contributed by atoms with van der Waals surface area (Å²) in [6.45, 7) is 3.93. The smallest absolute Gasteiger partial charge is 0.251 e. The van der Waals surface area contributed by atoms with Gasteiger partial charge in [0, 0.05) is 10.0 Å². The molecule has 2 aromatic carbocycles. The molecule has 3 rings (SSSR count). The normalized spacial score (nSPS) is 12.1. The van der Waals surface area contributed by atoms with Crippen LogP contribution in [-0.4, -0.2) is 28.3 Å². The van der Waals surface area contributed by atoms with Crippen molar-refractivity contribution in [2.45, 2.75) is 19.9 Å². The van der Waals surface area contributed by atoms with Crippen LogP contribution < -0.4 is 10.6 Å². The van der Waals surface area contributed by atoms with Crippen molar-refractivity contribution in [2.24, 2.45) is 5.92 Å². The Morgan fingerprint density at radius 1 is 1.11 bits per heavy atom. The van der Waals surface area contributed by atoms with E-state index in [1.807, 2.05) is 38.1 Å². The predicted molar refractivity (Wildman–Crippen MR) is 108 cm³/mol. The van der Waals surface area contributed by atoms with Crippen molar-refractivity contribution in [1.29, 1.82) is 0 Å². The Kier molecular flexibility index (Phi) is 5.91. The molecule has 3 aromatic rings. The number of benzene rings is 2. The molecule has 0 fully saturated rings. The van der Waals surface area contributed by atoms with Gasteiger partial charge in [-0.3, -0.25) is 9.59 Å². The number of imidazole rings is 1. The van der Waals surface area contributed by atoms with E-state index in [9.17, 15) is 9.59 Å². The van der Waals surface area contributed by atoms with Crippen LogP contribution in [0.4, 0.5) is 0 Å². The Balaban J connectivity index is 1.63. The van der Waals surface area contributed by atoms with Crippen molar-refractivity contribution in [3.05, 3.63) is 64.4 Å². The highest BCUT2D eigenvalue weighted by molar-refractivity contribution is 9.10. The molecule has 0 aliphatic carbocycles. The molecule has 1 heterocycles. The average Bonchev–Trinajstić information content (AvgIpc) is 3.08. The number of carbonyl (C=O) groups excluding carboxylic acids is 2. The molecule has 0 aliphatic heterocycles. The van der Waals surface area contributed by atoms with Crippen LogP contribution in [0, 0.1) is 5.92 Å². The summed E-state index contributed by atoms with van der Waals surface area (Å²) >= 11 is 3.33. The first-order valence-electron chi connectivity index (χ1n) is 8.72. The maximum Gasteiger partial charge on any atom is 0.251 e. The number of halogens is 1. The van der Waals surface area contributed by atoms with E-state index in [2.05, 4.69) is 36.5 Å². The first-order chi connectivity index (χ1) is 12.9. The topological polar surface area (TPSA) is 86.9 Å². The summed E-state index contributed by atoms with van der Waals surface area (Å²) in [7, 11) is 0. The van der Waals surface area contributed by atoms with Crippen LogP contribution in [0.15, 0.2) is 53.0 Å². The number of aromatic nitrogens is 2. The molecule has 3 N–H and O–H groups in total. The van der Waals surface area contributed by atoms with Gasteiger partial charge in [-0.1, -0.05) is 41.9 Å². The number of hydrogen-bond acceptors (Lipinski definition) is 3. The molecule has 0 saturated carbocycles. The Morgan fingerprint density at radius 3 is 2.48 bits per heavy atom. The molecular formula is C20H21BrN4O2. The van der Waals surface area contributed by atoms with E-state index >= 15 is 0 Å². The van der Waals surface area contributed by atoms with Crippen LogP contribution in [0.3, 0.4) is 0 Å². The minimum Gasteiger partial charge on any atom is -0.344 e. The molecule has 0 radical (unpaired) electrons. The van der Waals surface area contributed by atoms with Crippen molar-refractivity contribution in [3.8, 4) is 0 Å². The molecular weight excluding hydrogens is 408 g/mol. The molecule has 27 heavy (non-hydrogen) atoms. The van der Waals surface area contributed by atoms with Gasteiger partial charge in [0.2, 0.25) is 5.91 Å². The minimum atomic E-state index is -0.289. The van der Waals surface area contributed by atoms with Crippen LogP contribution in [0.25, 0.3) is 11.0 Å². The molecule has 7 heteroatoms. The highest BCUT2D eigenvalue weighted by Crippen LogP contribution is 2.22. The van der Waals surface area contributed by atoms with E-state index in [1.54, 1.807) is 24.3 Å². The SMILES string of the molecule is CC(C)C(NC(=O)CNC(=O)c1ccc(Br)cc1)c1nc2ccccc2[nH]1. The molecule has 140 valence electrons. The van der Waals surface area contributed by atoms with Crippen LogP contribution in [-0.2, 0) is 4.79 Å². The minimum absolute atomic E-state index is 0.0989. The summed E-state index contributed by atoms with van der Waals surface area (Å²) in [4.78, 5) is 32.3. The van der Waals surface area contributed by atoms with Gasteiger partial charge >= 0.3 is 0 Å². The van der Waals surface area contributed by atoms with Crippen molar-refractivity contribution >= 4 is 38.8 Å². The third-order valence-corrected chi connectivity index (χ3v) is 4.73. The lowest BCUT2D eigenvalue weighted by Crippen LogP contribution is -2.40. The molecule has 6 nitrogen and oxygen atoms in total. The van der Waals surface area contributed by atoms with Gasteiger partial charge in [0.15, 0.2) is 0 Å². The zero-order chi connectivity index (χ0) is 19.4. The summed E-state index contributed by atoms with van der Waals surface area (Å²) in [5, 5.41) is 5.60. The molecule has 2 amide bonds. The Morgan fingerprint density at radius 2 is 1.81 bits per heavy atom. The highest BCUT2D eigenvalue weighted by atomic mass is 79.9. The van der Waals surface area contributed by atoms with Gasteiger partial charge in [-0.25, -0.2) is 4.98 Å². The van der Waals surface area contributed by atoms with Gasteiger partial charge in [-0.2, -0.15) is 0 Å². The summed E-state index contributed by atoms with van der Waals surface area (Å²) in [6.07, 6.45) is 0. The number of aromatic amines is 1. The van der Waals surface area contributed by atoms with E-state index in [0.717, 1.165) is 15.5 Å². The first-order valence-corrected chi connectivity index (χ1v) is 9.51. The average molecular weight is 429 g/mol. The van der Waals surface area contributed by atoms with Gasteiger partial charge in [-0.05, 0) is 42.3 Å². The number of nitrogens with one attached hydrogen (secondary N) is 3. The maximum absolute atomic E-state index is 12.4. The van der Waals surface area contributed by atoms with E-state index in [4.69, 9.17) is 0 Å². The van der Waals surface area contributed by atoms with Gasteiger partial charge in [0.1, 0.15) is 5.82 Å². The Bertz CT molecular complexity index is 917. The lowest BCUT2D eigenvalue weighted by molar-refractivity contribution is -0.121. The fraction of sp³-hybridized carbons (Fsp3) is 0.250. The molecule has 1 aromatic heterocycles. The van der Waals surface area contributed by atoms with Gasteiger partial charge < -0.3 is 15.6 Å². The number of para-hydroxylation sites is 2. The lowest BCUT2D eigenvalue weighted by atomic mass is 10.0. The number of H-pyrrole nitrogens is 1. The van der Waals surface area contributed by atoms with E-state index in [-0.39, 0.29) is 30.3 Å². The van der Waals surface area contributed by atoms with Crippen LogP contribution >= 0.6 is 15.9 Å². The van der Waals surface area contributed by atoms with Gasteiger partial charge in [-0.15, -0.1) is 0 Å². The largest absolute Gasteiger partial charge is 0.344 e. The third-order valence-electron chi connectivity index (χ3n) is 4.20. The van der Waals surface area contributed by atoms with Crippen molar-refractivity contribution < 1.29 is 9.59 Å². The lowest BCUT2D eigenvalue weighted by Gasteiger charge is -2.20. The van der Waals surface area contributed by atoms with Crippen molar-refractivity contribution in [1.82, 2.24) is 20.6 Å². The molecule has 1 atom stereocenters. The highest BCUT2D eigenvalue weighted by Gasteiger charge is 2.22. The number of hydrogen-bond donors (Lipinski definition) is 3. The van der Waals surface area contributed by atoms with Crippen LogP contribution in [0.5, 0.6) is 0 Å². The zero-order valence-electron chi connectivity index (χ0n) is 15.1. The second-order valence-corrected chi connectivity index (χ2v) is 7.53. The number of carbonyl (C=O) groups is 2. The first kappa shape index (κ1) is 19.1. The zero-order valence-corrected chi connectivity index (χ0v) is 16.7. The van der Waals surface area contributed by atoms with Crippen molar-refractivity contribution in [2.75, 3.05) is 6.54 Å². The maximum atomic E-state index is 12.4. The van der Waals surface area contributed by atoms with Crippen LogP contribution in [0.2, 0.25) is 0 Å².